The van der Waals surface area contributed by atoms with Gasteiger partial charge in [0.25, 0.3) is 0 Å². The van der Waals surface area contributed by atoms with Gasteiger partial charge in [-0.2, -0.15) is 0 Å². The standard InChI is InChI=1S/C19H27N/c1-11-4-12(2)17(13(3)5-11)19-8-14-6-15(9-19)18(20)16(7-14)10-19/h4-5,14-16,18H,6-10,20H2,1-3H3. The number of benzene rings is 1. The Balaban J connectivity index is 1.83. The highest BCUT2D eigenvalue weighted by Gasteiger charge is 2.55. The predicted octanol–water partition coefficient (Wildman–Crippen LogP) is 4.02. The van der Waals surface area contributed by atoms with Crippen LogP contribution < -0.4 is 5.73 Å². The summed E-state index contributed by atoms with van der Waals surface area (Å²) in [6, 6.07) is 5.27. The molecular weight excluding hydrogens is 242 g/mol. The summed E-state index contributed by atoms with van der Waals surface area (Å²) >= 11 is 0. The van der Waals surface area contributed by atoms with Crippen molar-refractivity contribution in [3.8, 4) is 0 Å². The van der Waals surface area contributed by atoms with Crippen molar-refractivity contribution >= 4 is 0 Å². The van der Waals surface area contributed by atoms with E-state index < -0.39 is 0 Å². The van der Waals surface area contributed by atoms with Gasteiger partial charge in [-0.05, 0) is 92.7 Å². The third-order valence-corrected chi connectivity index (χ3v) is 6.55. The van der Waals surface area contributed by atoms with Gasteiger partial charge in [0, 0.05) is 6.04 Å². The molecule has 2 N–H and O–H groups in total. The molecule has 5 rings (SSSR count). The monoisotopic (exact) mass is 269 g/mol. The molecule has 2 atom stereocenters. The third-order valence-electron chi connectivity index (χ3n) is 6.55. The summed E-state index contributed by atoms with van der Waals surface area (Å²) in [5.41, 5.74) is 13.1. The van der Waals surface area contributed by atoms with Gasteiger partial charge >= 0.3 is 0 Å². The van der Waals surface area contributed by atoms with Crippen LogP contribution in [0.15, 0.2) is 12.1 Å². The summed E-state index contributed by atoms with van der Waals surface area (Å²) < 4.78 is 0. The quantitative estimate of drug-likeness (QED) is 0.819. The lowest BCUT2D eigenvalue weighted by Gasteiger charge is -2.60. The van der Waals surface area contributed by atoms with Gasteiger partial charge in [-0.3, -0.25) is 0 Å². The van der Waals surface area contributed by atoms with Crippen LogP contribution in [0.5, 0.6) is 0 Å². The summed E-state index contributed by atoms with van der Waals surface area (Å²) in [5.74, 6) is 2.54. The van der Waals surface area contributed by atoms with E-state index in [1.807, 2.05) is 0 Å². The molecule has 0 heterocycles. The highest BCUT2D eigenvalue weighted by molar-refractivity contribution is 5.44. The fraction of sp³-hybridized carbons (Fsp3) is 0.684. The fourth-order valence-electron chi connectivity index (χ4n) is 6.39. The Labute approximate surface area is 122 Å². The van der Waals surface area contributed by atoms with Crippen molar-refractivity contribution < 1.29 is 0 Å². The van der Waals surface area contributed by atoms with Gasteiger partial charge < -0.3 is 5.73 Å². The lowest BCUT2D eigenvalue weighted by Crippen LogP contribution is -2.58. The fourth-order valence-corrected chi connectivity index (χ4v) is 6.39. The maximum Gasteiger partial charge on any atom is 0.00964 e. The van der Waals surface area contributed by atoms with Gasteiger partial charge in [0.2, 0.25) is 0 Å². The minimum Gasteiger partial charge on any atom is -0.327 e. The Morgan fingerprint density at radius 3 is 2.05 bits per heavy atom. The van der Waals surface area contributed by atoms with E-state index in [1.54, 1.807) is 5.56 Å². The van der Waals surface area contributed by atoms with Gasteiger partial charge in [-0.25, -0.2) is 0 Å². The van der Waals surface area contributed by atoms with E-state index in [2.05, 4.69) is 32.9 Å². The highest BCUT2D eigenvalue weighted by Crippen LogP contribution is 2.61. The first-order chi connectivity index (χ1) is 9.48. The number of aryl methyl sites for hydroxylation is 3. The van der Waals surface area contributed by atoms with Crippen molar-refractivity contribution in [1.29, 1.82) is 0 Å². The molecule has 0 aromatic heterocycles. The van der Waals surface area contributed by atoms with E-state index in [-0.39, 0.29) is 0 Å². The highest BCUT2D eigenvalue weighted by atomic mass is 14.7. The first-order valence-corrected chi connectivity index (χ1v) is 8.32. The minimum absolute atomic E-state index is 0.467. The smallest absolute Gasteiger partial charge is 0.00964 e. The normalized spacial score (nSPS) is 42.2. The molecule has 20 heavy (non-hydrogen) atoms. The molecule has 0 spiro atoms. The topological polar surface area (TPSA) is 26.0 Å². The molecule has 0 saturated heterocycles. The molecule has 1 aromatic carbocycles. The second-order valence-electron chi connectivity index (χ2n) is 8.10. The number of hydrogen-bond donors (Lipinski definition) is 1. The van der Waals surface area contributed by atoms with Crippen LogP contribution in [0.3, 0.4) is 0 Å². The molecule has 1 heteroatoms. The molecule has 4 bridgehead atoms. The lowest BCUT2D eigenvalue weighted by molar-refractivity contribution is -0.0231. The second-order valence-corrected chi connectivity index (χ2v) is 8.10. The van der Waals surface area contributed by atoms with Crippen LogP contribution in [-0.2, 0) is 5.41 Å². The van der Waals surface area contributed by atoms with E-state index in [0.717, 1.165) is 17.8 Å². The maximum absolute atomic E-state index is 6.50. The van der Waals surface area contributed by atoms with Gasteiger partial charge in [0.15, 0.2) is 0 Å². The maximum atomic E-state index is 6.50. The van der Waals surface area contributed by atoms with Crippen LogP contribution in [-0.4, -0.2) is 6.04 Å². The summed E-state index contributed by atoms with van der Waals surface area (Å²) in [7, 11) is 0. The van der Waals surface area contributed by atoms with Crippen molar-refractivity contribution in [2.45, 2.75) is 64.3 Å². The van der Waals surface area contributed by atoms with E-state index in [1.165, 1.54) is 48.8 Å². The first-order valence-electron chi connectivity index (χ1n) is 8.32. The molecule has 2 unspecified atom stereocenters. The van der Waals surface area contributed by atoms with E-state index >= 15 is 0 Å². The van der Waals surface area contributed by atoms with E-state index in [0.29, 0.717) is 11.5 Å². The Kier molecular flexibility index (Phi) is 2.64. The van der Waals surface area contributed by atoms with Crippen molar-refractivity contribution in [2.24, 2.45) is 23.5 Å². The van der Waals surface area contributed by atoms with Crippen LogP contribution in [0.25, 0.3) is 0 Å². The zero-order chi connectivity index (χ0) is 14.1. The summed E-state index contributed by atoms with van der Waals surface area (Å²) in [6.07, 6.45) is 6.95. The van der Waals surface area contributed by atoms with Crippen LogP contribution in [0.1, 0.15) is 54.4 Å². The molecule has 1 aromatic rings. The van der Waals surface area contributed by atoms with Crippen LogP contribution in [0.2, 0.25) is 0 Å². The first kappa shape index (κ1) is 12.9. The Morgan fingerprint density at radius 2 is 1.50 bits per heavy atom. The van der Waals surface area contributed by atoms with E-state index in [9.17, 15) is 0 Å². The number of hydrogen-bond acceptors (Lipinski definition) is 1. The predicted molar refractivity (Wildman–Crippen MR) is 83.9 cm³/mol. The largest absolute Gasteiger partial charge is 0.327 e. The summed E-state index contributed by atoms with van der Waals surface area (Å²) in [4.78, 5) is 0. The Hall–Kier alpha value is -0.820. The van der Waals surface area contributed by atoms with Crippen LogP contribution >= 0.6 is 0 Å². The van der Waals surface area contributed by atoms with Gasteiger partial charge in [-0.15, -0.1) is 0 Å². The van der Waals surface area contributed by atoms with Crippen molar-refractivity contribution in [1.82, 2.24) is 0 Å². The minimum atomic E-state index is 0.467. The molecule has 1 nitrogen and oxygen atoms in total. The average Bonchev–Trinajstić information content (AvgIpc) is 2.33. The molecular formula is C19H27N. The van der Waals surface area contributed by atoms with Crippen molar-refractivity contribution in [3.05, 3.63) is 34.4 Å². The SMILES string of the molecule is Cc1cc(C)c(C23CC4CC(C2)C(N)C(C4)C3)c(C)c1. The van der Waals surface area contributed by atoms with Gasteiger partial charge in [0.1, 0.15) is 0 Å². The van der Waals surface area contributed by atoms with Crippen molar-refractivity contribution in [2.75, 3.05) is 0 Å². The van der Waals surface area contributed by atoms with Gasteiger partial charge in [-0.1, -0.05) is 17.7 Å². The number of rotatable bonds is 1. The molecule has 4 fully saturated rings. The average molecular weight is 269 g/mol. The Morgan fingerprint density at radius 1 is 0.950 bits per heavy atom. The molecule has 108 valence electrons. The number of nitrogens with two attached hydrogens (primary N) is 1. The molecule has 4 aliphatic carbocycles. The zero-order valence-electron chi connectivity index (χ0n) is 13.1. The molecule has 0 amide bonds. The zero-order valence-corrected chi connectivity index (χ0v) is 13.1. The summed E-state index contributed by atoms with van der Waals surface area (Å²) in [5, 5.41) is 0. The molecule has 0 radical (unpaired) electrons. The molecule has 0 aliphatic heterocycles. The van der Waals surface area contributed by atoms with E-state index in [4.69, 9.17) is 5.73 Å². The van der Waals surface area contributed by atoms with Gasteiger partial charge in [0.05, 0.1) is 0 Å². The van der Waals surface area contributed by atoms with Crippen LogP contribution in [0, 0.1) is 38.5 Å². The molecule has 4 saturated carbocycles. The van der Waals surface area contributed by atoms with Crippen LogP contribution in [0.4, 0.5) is 0 Å². The lowest BCUT2D eigenvalue weighted by atomic mass is 9.46. The van der Waals surface area contributed by atoms with Crippen molar-refractivity contribution in [3.63, 3.8) is 0 Å². The molecule has 4 aliphatic rings. The Bertz CT molecular complexity index is 520. The third kappa shape index (κ3) is 1.65. The summed E-state index contributed by atoms with van der Waals surface area (Å²) in [6.45, 7) is 6.88. The second kappa shape index (κ2) is 4.10.